The van der Waals surface area contributed by atoms with Gasteiger partial charge in [-0.05, 0) is 42.5 Å². The number of hydrogen-bond acceptors (Lipinski definition) is 2. The van der Waals surface area contributed by atoms with Gasteiger partial charge in [0.05, 0.1) is 6.42 Å². The van der Waals surface area contributed by atoms with Crippen molar-refractivity contribution in [2.45, 2.75) is 38.8 Å². The Morgan fingerprint density at radius 1 is 1.24 bits per heavy atom. The van der Waals surface area contributed by atoms with E-state index in [1.807, 2.05) is 41.4 Å². The van der Waals surface area contributed by atoms with E-state index in [0.29, 0.717) is 19.0 Å². The second kappa shape index (κ2) is 6.08. The summed E-state index contributed by atoms with van der Waals surface area (Å²) >= 11 is 0. The summed E-state index contributed by atoms with van der Waals surface area (Å²) in [5.41, 5.74) is 3.41. The molecule has 2 aromatic rings. The van der Waals surface area contributed by atoms with E-state index in [1.165, 1.54) is 5.56 Å². The van der Waals surface area contributed by atoms with Crippen LogP contribution in [0.25, 0.3) is 0 Å². The first kappa shape index (κ1) is 13.8. The number of pyridine rings is 1. The maximum absolute atomic E-state index is 12.7. The molecule has 1 aliphatic carbocycles. The summed E-state index contributed by atoms with van der Waals surface area (Å²) in [7, 11) is 0. The number of carbonyl (C=O) groups is 1. The van der Waals surface area contributed by atoms with Crippen LogP contribution in [0.2, 0.25) is 0 Å². The van der Waals surface area contributed by atoms with Gasteiger partial charge in [0, 0.05) is 25.0 Å². The lowest BCUT2D eigenvalue weighted by atomic mass is 10.1. The molecule has 3 nitrogen and oxygen atoms in total. The van der Waals surface area contributed by atoms with Crippen LogP contribution < -0.4 is 0 Å². The Morgan fingerprint density at radius 2 is 2.05 bits per heavy atom. The first-order valence-corrected chi connectivity index (χ1v) is 7.47. The largest absolute Gasteiger partial charge is 0.335 e. The van der Waals surface area contributed by atoms with Crippen molar-refractivity contribution < 1.29 is 4.79 Å². The van der Waals surface area contributed by atoms with E-state index in [4.69, 9.17) is 0 Å². The average molecular weight is 280 g/mol. The number of benzene rings is 1. The van der Waals surface area contributed by atoms with Gasteiger partial charge in [-0.3, -0.25) is 9.78 Å². The fourth-order valence-electron chi connectivity index (χ4n) is 2.57. The van der Waals surface area contributed by atoms with Crippen LogP contribution in [0.5, 0.6) is 0 Å². The molecule has 0 aliphatic heterocycles. The molecule has 1 aromatic carbocycles. The first-order chi connectivity index (χ1) is 10.2. The highest BCUT2D eigenvalue weighted by atomic mass is 16.2. The van der Waals surface area contributed by atoms with E-state index in [9.17, 15) is 4.79 Å². The van der Waals surface area contributed by atoms with Gasteiger partial charge in [0.15, 0.2) is 0 Å². The molecule has 1 aliphatic rings. The van der Waals surface area contributed by atoms with Gasteiger partial charge in [0.2, 0.25) is 5.91 Å². The van der Waals surface area contributed by atoms with E-state index in [2.05, 4.69) is 18.0 Å². The van der Waals surface area contributed by atoms with Gasteiger partial charge in [0.1, 0.15) is 0 Å². The Hall–Kier alpha value is -2.16. The van der Waals surface area contributed by atoms with Gasteiger partial charge in [-0.2, -0.15) is 0 Å². The Labute approximate surface area is 125 Å². The minimum atomic E-state index is 0.218. The topological polar surface area (TPSA) is 33.2 Å². The predicted octanol–water partition coefficient (Wildman–Crippen LogP) is 3.12. The molecule has 1 aromatic heterocycles. The number of amides is 1. The van der Waals surface area contributed by atoms with Crippen LogP contribution in [0.15, 0.2) is 48.8 Å². The lowest BCUT2D eigenvalue weighted by Crippen LogP contribution is -2.34. The highest BCUT2D eigenvalue weighted by Crippen LogP contribution is 2.29. The smallest absolute Gasteiger partial charge is 0.227 e. The zero-order valence-corrected chi connectivity index (χ0v) is 12.3. The molecule has 3 heteroatoms. The molecule has 21 heavy (non-hydrogen) atoms. The maximum atomic E-state index is 12.7. The average Bonchev–Trinajstić information content (AvgIpc) is 3.33. The highest BCUT2D eigenvalue weighted by Gasteiger charge is 2.32. The van der Waals surface area contributed by atoms with Gasteiger partial charge in [-0.1, -0.05) is 30.3 Å². The van der Waals surface area contributed by atoms with Crippen LogP contribution in [-0.4, -0.2) is 21.8 Å². The third-order valence-corrected chi connectivity index (χ3v) is 3.99. The minimum Gasteiger partial charge on any atom is -0.335 e. The first-order valence-electron chi connectivity index (χ1n) is 7.47. The molecular formula is C18H20N2O. The quantitative estimate of drug-likeness (QED) is 0.843. The van der Waals surface area contributed by atoms with Crippen molar-refractivity contribution in [2.24, 2.45) is 0 Å². The van der Waals surface area contributed by atoms with Gasteiger partial charge in [0.25, 0.3) is 0 Å². The third kappa shape index (κ3) is 3.48. The van der Waals surface area contributed by atoms with Gasteiger partial charge in [-0.15, -0.1) is 0 Å². The molecule has 0 saturated heterocycles. The zero-order chi connectivity index (χ0) is 14.7. The Morgan fingerprint density at radius 3 is 2.71 bits per heavy atom. The Kier molecular flexibility index (Phi) is 4.00. The van der Waals surface area contributed by atoms with Gasteiger partial charge in [-0.25, -0.2) is 0 Å². The summed E-state index contributed by atoms with van der Waals surface area (Å²) in [5.74, 6) is 0.218. The molecule has 0 N–H and O–H groups in total. The number of hydrogen-bond donors (Lipinski definition) is 0. The van der Waals surface area contributed by atoms with Crippen molar-refractivity contribution >= 4 is 5.91 Å². The number of carbonyl (C=O) groups excluding carboxylic acids is 1. The number of aryl methyl sites for hydroxylation is 1. The zero-order valence-electron chi connectivity index (χ0n) is 12.3. The van der Waals surface area contributed by atoms with Crippen LogP contribution in [0.1, 0.15) is 29.5 Å². The van der Waals surface area contributed by atoms with Crippen molar-refractivity contribution in [1.29, 1.82) is 0 Å². The van der Waals surface area contributed by atoms with Gasteiger partial charge >= 0.3 is 0 Å². The molecule has 1 fully saturated rings. The lowest BCUT2D eigenvalue weighted by molar-refractivity contribution is -0.131. The molecule has 1 amide bonds. The highest BCUT2D eigenvalue weighted by molar-refractivity contribution is 5.79. The van der Waals surface area contributed by atoms with Crippen LogP contribution in [0, 0.1) is 6.92 Å². The number of rotatable bonds is 5. The molecule has 108 valence electrons. The third-order valence-electron chi connectivity index (χ3n) is 3.99. The SMILES string of the molecule is Cc1ccccc1CC(=O)N(Cc1cccnc1)C1CC1. The molecular weight excluding hydrogens is 260 g/mol. The summed E-state index contributed by atoms with van der Waals surface area (Å²) in [4.78, 5) is 18.8. The van der Waals surface area contributed by atoms with E-state index < -0.39 is 0 Å². The van der Waals surface area contributed by atoms with Crippen molar-refractivity contribution in [1.82, 2.24) is 9.88 Å². The van der Waals surface area contributed by atoms with Crippen LogP contribution >= 0.6 is 0 Å². The summed E-state index contributed by atoms with van der Waals surface area (Å²) < 4.78 is 0. The lowest BCUT2D eigenvalue weighted by Gasteiger charge is -2.23. The Balaban J connectivity index is 1.72. The van der Waals surface area contributed by atoms with Crippen molar-refractivity contribution in [2.75, 3.05) is 0 Å². The summed E-state index contributed by atoms with van der Waals surface area (Å²) in [6.45, 7) is 2.73. The van der Waals surface area contributed by atoms with Crippen LogP contribution in [0.4, 0.5) is 0 Å². The monoisotopic (exact) mass is 280 g/mol. The van der Waals surface area contributed by atoms with E-state index in [0.717, 1.165) is 24.0 Å². The van der Waals surface area contributed by atoms with Crippen molar-refractivity contribution in [3.63, 3.8) is 0 Å². The minimum absolute atomic E-state index is 0.218. The Bertz CT molecular complexity index is 620. The fourth-order valence-corrected chi connectivity index (χ4v) is 2.57. The summed E-state index contributed by atoms with van der Waals surface area (Å²) in [6, 6.07) is 12.5. The van der Waals surface area contributed by atoms with E-state index in [-0.39, 0.29) is 5.91 Å². The van der Waals surface area contributed by atoms with Gasteiger partial charge < -0.3 is 4.90 Å². The molecule has 1 saturated carbocycles. The maximum Gasteiger partial charge on any atom is 0.227 e. The van der Waals surface area contributed by atoms with E-state index >= 15 is 0 Å². The molecule has 0 radical (unpaired) electrons. The molecule has 0 bridgehead atoms. The second-order valence-corrected chi connectivity index (χ2v) is 5.72. The molecule has 1 heterocycles. The molecule has 0 unspecified atom stereocenters. The van der Waals surface area contributed by atoms with Crippen molar-refractivity contribution in [3.8, 4) is 0 Å². The van der Waals surface area contributed by atoms with Crippen molar-refractivity contribution in [3.05, 3.63) is 65.5 Å². The number of nitrogens with zero attached hydrogens (tertiary/aromatic N) is 2. The summed E-state index contributed by atoms with van der Waals surface area (Å²) in [5, 5.41) is 0. The second-order valence-electron chi connectivity index (χ2n) is 5.72. The van der Waals surface area contributed by atoms with Crippen LogP contribution in [-0.2, 0) is 17.8 Å². The predicted molar refractivity (Wildman–Crippen MR) is 82.7 cm³/mol. The molecule has 0 spiro atoms. The molecule has 3 rings (SSSR count). The normalized spacial score (nSPS) is 14.0. The van der Waals surface area contributed by atoms with E-state index in [1.54, 1.807) is 6.20 Å². The summed E-state index contributed by atoms with van der Waals surface area (Å²) in [6.07, 6.45) is 6.35. The van der Waals surface area contributed by atoms with Crippen LogP contribution in [0.3, 0.4) is 0 Å². The fraction of sp³-hybridized carbons (Fsp3) is 0.333. The standard InChI is InChI=1S/C18H20N2O/c1-14-5-2-3-7-16(14)11-18(21)20(17-8-9-17)13-15-6-4-10-19-12-15/h2-7,10,12,17H,8-9,11,13H2,1H3. The number of aromatic nitrogens is 1. The molecule has 0 atom stereocenters.